The van der Waals surface area contributed by atoms with Crippen LogP contribution in [-0.4, -0.2) is 35.2 Å². The van der Waals surface area contributed by atoms with E-state index in [1.54, 1.807) is 0 Å². The van der Waals surface area contributed by atoms with Gasteiger partial charge in [0.1, 0.15) is 19.0 Å². The average Bonchev–Trinajstić information content (AvgIpc) is 3.43. The maximum Gasteiger partial charge on any atom is 0.227 e. The summed E-state index contributed by atoms with van der Waals surface area (Å²) >= 11 is 0. The summed E-state index contributed by atoms with van der Waals surface area (Å²) in [6, 6.07) is 24.5. The lowest BCUT2D eigenvalue weighted by atomic mass is 10.1. The third-order valence-electron chi connectivity index (χ3n) is 6.48. The molecule has 6 rings (SSSR count). The van der Waals surface area contributed by atoms with Crippen LogP contribution in [0.4, 0.5) is 5.69 Å². The third kappa shape index (κ3) is 3.71. The number of fused-ring (bicyclic) bond motifs is 2. The Labute approximate surface area is 192 Å². The van der Waals surface area contributed by atoms with Gasteiger partial charge in [-0.15, -0.1) is 0 Å². The van der Waals surface area contributed by atoms with Crippen LogP contribution in [0.5, 0.6) is 11.5 Å². The lowest BCUT2D eigenvalue weighted by Crippen LogP contribution is -2.25. The van der Waals surface area contributed by atoms with Gasteiger partial charge in [-0.2, -0.15) is 0 Å². The average molecular weight is 440 g/mol. The van der Waals surface area contributed by atoms with E-state index in [2.05, 4.69) is 34.9 Å². The molecule has 6 nitrogen and oxygen atoms in total. The Kier molecular flexibility index (Phi) is 4.98. The molecule has 2 aliphatic rings. The molecule has 1 amide bonds. The Morgan fingerprint density at radius 2 is 1.70 bits per heavy atom. The topological polar surface area (TPSA) is 56.6 Å². The predicted octanol–water partition coefficient (Wildman–Crippen LogP) is 4.57. The van der Waals surface area contributed by atoms with Crippen molar-refractivity contribution < 1.29 is 14.3 Å². The van der Waals surface area contributed by atoms with Crippen molar-refractivity contribution in [2.24, 2.45) is 0 Å². The molecule has 1 unspecified atom stereocenters. The smallest absolute Gasteiger partial charge is 0.227 e. The van der Waals surface area contributed by atoms with Gasteiger partial charge in [0.25, 0.3) is 0 Å². The molecule has 3 aromatic carbocycles. The molecule has 4 aromatic rings. The lowest BCUT2D eigenvalue weighted by Gasteiger charge is -2.22. The number of para-hydroxylation sites is 2. The number of carbonyl (C=O) groups excluding carboxylic acids is 1. The summed E-state index contributed by atoms with van der Waals surface area (Å²) in [4.78, 5) is 19.9. The van der Waals surface area contributed by atoms with E-state index in [0.717, 1.165) is 41.3 Å². The number of aromatic nitrogens is 2. The molecule has 0 N–H and O–H groups in total. The highest BCUT2D eigenvalue weighted by atomic mass is 16.6. The Balaban J connectivity index is 1.30. The van der Waals surface area contributed by atoms with Gasteiger partial charge < -0.3 is 18.9 Å². The third-order valence-corrected chi connectivity index (χ3v) is 6.48. The van der Waals surface area contributed by atoms with E-state index < -0.39 is 0 Å². The first-order chi connectivity index (χ1) is 16.3. The second-order valence-electron chi connectivity index (χ2n) is 8.58. The summed E-state index contributed by atoms with van der Waals surface area (Å²) in [5.41, 5.74) is 4.24. The first kappa shape index (κ1) is 19.9. The van der Waals surface area contributed by atoms with E-state index in [1.807, 2.05) is 47.4 Å². The molecule has 2 aliphatic heterocycles. The van der Waals surface area contributed by atoms with E-state index in [0.29, 0.717) is 31.9 Å². The Bertz CT molecular complexity index is 1310. The van der Waals surface area contributed by atoms with Gasteiger partial charge in [-0.25, -0.2) is 4.98 Å². The van der Waals surface area contributed by atoms with Crippen LogP contribution in [0.15, 0.2) is 72.8 Å². The number of amides is 1. The van der Waals surface area contributed by atoms with Crippen LogP contribution in [0, 0.1) is 0 Å². The van der Waals surface area contributed by atoms with Crippen LogP contribution >= 0.6 is 0 Å². The molecule has 0 saturated carbocycles. The van der Waals surface area contributed by atoms with Crippen molar-refractivity contribution in [3.8, 4) is 11.5 Å². The zero-order chi connectivity index (χ0) is 22.2. The number of ether oxygens (including phenoxy) is 2. The summed E-state index contributed by atoms with van der Waals surface area (Å²) in [7, 11) is 0. The SMILES string of the molecule is O=C1CC(c2nc3ccccc3n2CCc2ccccc2)CN1c1ccc2c(c1)OCCO2. The van der Waals surface area contributed by atoms with E-state index in [-0.39, 0.29) is 11.8 Å². The van der Waals surface area contributed by atoms with Gasteiger partial charge in [-0.1, -0.05) is 42.5 Å². The first-order valence-electron chi connectivity index (χ1n) is 11.5. The molecule has 0 aliphatic carbocycles. The number of anilines is 1. The monoisotopic (exact) mass is 439 g/mol. The molecule has 1 atom stereocenters. The highest BCUT2D eigenvalue weighted by Gasteiger charge is 2.35. The fraction of sp³-hybridized carbons (Fsp3) is 0.259. The molecule has 1 aromatic heterocycles. The molecule has 0 radical (unpaired) electrons. The number of nitrogens with zero attached hydrogens (tertiary/aromatic N) is 3. The predicted molar refractivity (Wildman–Crippen MR) is 127 cm³/mol. The van der Waals surface area contributed by atoms with Gasteiger partial charge in [-0.05, 0) is 36.2 Å². The van der Waals surface area contributed by atoms with Crippen LogP contribution in [0.1, 0.15) is 23.7 Å². The first-order valence-corrected chi connectivity index (χ1v) is 11.5. The fourth-order valence-electron chi connectivity index (χ4n) is 4.86. The second-order valence-corrected chi connectivity index (χ2v) is 8.58. The summed E-state index contributed by atoms with van der Waals surface area (Å²) in [5, 5.41) is 0. The molecule has 0 spiro atoms. The Morgan fingerprint density at radius 3 is 2.58 bits per heavy atom. The number of rotatable bonds is 5. The van der Waals surface area contributed by atoms with Gasteiger partial charge in [0, 0.05) is 37.2 Å². The van der Waals surface area contributed by atoms with Crippen molar-refractivity contribution in [2.45, 2.75) is 25.3 Å². The fourth-order valence-corrected chi connectivity index (χ4v) is 4.86. The number of aryl methyl sites for hydroxylation is 2. The van der Waals surface area contributed by atoms with Crippen LogP contribution in [0.3, 0.4) is 0 Å². The molecular weight excluding hydrogens is 414 g/mol. The molecular formula is C27H25N3O3. The summed E-state index contributed by atoms with van der Waals surface area (Å²) < 4.78 is 13.7. The minimum atomic E-state index is 0.0360. The van der Waals surface area contributed by atoms with Gasteiger partial charge in [0.05, 0.1) is 11.0 Å². The van der Waals surface area contributed by atoms with Crippen molar-refractivity contribution in [1.82, 2.24) is 9.55 Å². The second kappa shape index (κ2) is 8.28. The van der Waals surface area contributed by atoms with E-state index in [1.165, 1.54) is 5.56 Å². The highest BCUT2D eigenvalue weighted by Crippen LogP contribution is 2.38. The Hall–Kier alpha value is -3.80. The van der Waals surface area contributed by atoms with Gasteiger partial charge in [-0.3, -0.25) is 4.79 Å². The van der Waals surface area contributed by atoms with Gasteiger partial charge in [0.15, 0.2) is 11.5 Å². The number of benzene rings is 3. The van der Waals surface area contributed by atoms with Crippen molar-refractivity contribution in [2.75, 3.05) is 24.7 Å². The normalized spacial score (nSPS) is 17.6. The Morgan fingerprint density at radius 1 is 0.909 bits per heavy atom. The highest BCUT2D eigenvalue weighted by molar-refractivity contribution is 5.97. The minimum absolute atomic E-state index is 0.0360. The number of imidazole rings is 1. The van der Waals surface area contributed by atoms with E-state index >= 15 is 0 Å². The van der Waals surface area contributed by atoms with E-state index in [9.17, 15) is 4.79 Å². The molecule has 3 heterocycles. The quantitative estimate of drug-likeness (QED) is 0.457. The van der Waals surface area contributed by atoms with Gasteiger partial charge in [0.2, 0.25) is 5.91 Å². The number of hydrogen-bond acceptors (Lipinski definition) is 4. The lowest BCUT2D eigenvalue weighted by molar-refractivity contribution is -0.117. The largest absolute Gasteiger partial charge is 0.486 e. The van der Waals surface area contributed by atoms with Crippen LogP contribution in [-0.2, 0) is 17.8 Å². The van der Waals surface area contributed by atoms with Crippen LogP contribution in [0.25, 0.3) is 11.0 Å². The van der Waals surface area contributed by atoms with Crippen LogP contribution < -0.4 is 14.4 Å². The summed E-state index contributed by atoms with van der Waals surface area (Å²) in [6.07, 6.45) is 1.36. The molecule has 1 fully saturated rings. The summed E-state index contributed by atoms with van der Waals surface area (Å²) in [5.74, 6) is 2.56. The zero-order valence-corrected chi connectivity index (χ0v) is 18.3. The summed E-state index contributed by atoms with van der Waals surface area (Å²) in [6.45, 7) is 2.51. The zero-order valence-electron chi connectivity index (χ0n) is 18.3. The van der Waals surface area contributed by atoms with Crippen molar-refractivity contribution in [3.05, 3.63) is 84.2 Å². The molecule has 1 saturated heterocycles. The maximum absolute atomic E-state index is 13.0. The van der Waals surface area contributed by atoms with E-state index in [4.69, 9.17) is 14.5 Å². The molecule has 33 heavy (non-hydrogen) atoms. The van der Waals surface area contributed by atoms with Crippen LogP contribution in [0.2, 0.25) is 0 Å². The van der Waals surface area contributed by atoms with Crippen molar-refractivity contribution in [1.29, 1.82) is 0 Å². The maximum atomic E-state index is 13.0. The standard InChI is InChI=1S/C27H25N3O3/c31-26-16-20(18-30(26)21-10-11-24-25(17-21)33-15-14-32-24)27-28-22-8-4-5-9-23(22)29(27)13-12-19-6-2-1-3-7-19/h1-11,17,20H,12-16,18H2. The molecule has 166 valence electrons. The molecule has 0 bridgehead atoms. The number of carbonyl (C=O) groups is 1. The number of hydrogen-bond donors (Lipinski definition) is 0. The molecule has 6 heteroatoms. The van der Waals surface area contributed by atoms with Gasteiger partial charge >= 0.3 is 0 Å². The van der Waals surface area contributed by atoms with Crippen molar-refractivity contribution >= 4 is 22.6 Å². The van der Waals surface area contributed by atoms with Crippen molar-refractivity contribution in [3.63, 3.8) is 0 Å². The minimum Gasteiger partial charge on any atom is -0.486 e.